The maximum atomic E-state index is 13.4. The van der Waals surface area contributed by atoms with Gasteiger partial charge in [-0.3, -0.25) is 9.10 Å². The van der Waals surface area contributed by atoms with Gasteiger partial charge in [0.15, 0.2) is 0 Å². The predicted molar refractivity (Wildman–Crippen MR) is 144 cm³/mol. The first-order chi connectivity index (χ1) is 16.5. The quantitative estimate of drug-likeness (QED) is 0.335. The van der Waals surface area contributed by atoms with Crippen molar-refractivity contribution in [1.82, 2.24) is 0 Å². The Hall–Kier alpha value is -3.36. The van der Waals surface area contributed by atoms with E-state index in [1.807, 2.05) is 45.9 Å². The summed E-state index contributed by atoms with van der Waals surface area (Å²) in [5, 5.41) is 3.83. The number of carbonyl (C=O) groups is 1. The second-order valence-electron chi connectivity index (χ2n) is 8.69. The number of hydrogen-bond acceptors (Lipinski definition) is 5. The van der Waals surface area contributed by atoms with Crippen LogP contribution in [0.4, 0.5) is 11.4 Å². The van der Waals surface area contributed by atoms with Gasteiger partial charge in [-0.05, 0) is 86.2 Å². The largest absolute Gasteiger partial charge is 0.495 e. The van der Waals surface area contributed by atoms with Crippen molar-refractivity contribution in [2.45, 2.75) is 32.6 Å². The standard InChI is InChI=1S/C27H28N2O4S2/c1-16-7-9-22(33-6)25(13-16)35(31,32)29(5)21-8-10-23-20(14-21)15-24(34-23)27(30)28-26-18(3)11-17(2)12-19(26)4/h7-15H,1-6H3,(H,28,30). The number of aryl methyl sites for hydroxylation is 4. The highest BCUT2D eigenvalue weighted by Crippen LogP contribution is 2.34. The van der Waals surface area contributed by atoms with Crippen molar-refractivity contribution in [3.63, 3.8) is 0 Å². The predicted octanol–water partition coefficient (Wildman–Crippen LogP) is 6.22. The minimum absolute atomic E-state index is 0.108. The number of nitrogens with one attached hydrogen (secondary N) is 1. The number of sulfonamides is 1. The third kappa shape index (κ3) is 4.76. The van der Waals surface area contributed by atoms with Crippen LogP contribution in [0.15, 0.2) is 59.5 Å². The van der Waals surface area contributed by atoms with Gasteiger partial charge in [-0.2, -0.15) is 0 Å². The molecular formula is C27H28N2O4S2. The molecule has 1 amide bonds. The van der Waals surface area contributed by atoms with Crippen molar-refractivity contribution in [2.24, 2.45) is 0 Å². The van der Waals surface area contributed by atoms with E-state index < -0.39 is 10.0 Å². The first kappa shape index (κ1) is 24.8. The monoisotopic (exact) mass is 508 g/mol. The summed E-state index contributed by atoms with van der Waals surface area (Å²) in [6.07, 6.45) is 0. The van der Waals surface area contributed by atoms with Crippen LogP contribution in [0.3, 0.4) is 0 Å². The Bertz CT molecular complexity index is 1530. The van der Waals surface area contributed by atoms with E-state index in [0.717, 1.165) is 38.0 Å². The van der Waals surface area contributed by atoms with Gasteiger partial charge < -0.3 is 10.1 Å². The first-order valence-electron chi connectivity index (χ1n) is 11.1. The van der Waals surface area contributed by atoms with E-state index in [1.165, 1.54) is 29.8 Å². The zero-order valence-electron chi connectivity index (χ0n) is 20.6. The molecular weight excluding hydrogens is 480 g/mol. The van der Waals surface area contributed by atoms with E-state index in [9.17, 15) is 13.2 Å². The van der Waals surface area contributed by atoms with Crippen LogP contribution in [-0.4, -0.2) is 28.5 Å². The van der Waals surface area contributed by atoms with E-state index in [1.54, 1.807) is 36.4 Å². The topological polar surface area (TPSA) is 75.7 Å². The van der Waals surface area contributed by atoms with Gasteiger partial charge in [-0.25, -0.2) is 8.42 Å². The molecule has 6 nitrogen and oxygen atoms in total. The normalized spacial score (nSPS) is 11.5. The molecule has 8 heteroatoms. The fourth-order valence-electron chi connectivity index (χ4n) is 4.16. The van der Waals surface area contributed by atoms with Crippen molar-refractivity contribution in [2.75, 3.05) is 23.8 Å². The number of ether oxygens (including phenoxy) is 1. The van der Waals surface area contributed by atoms with Crippen molar-refractivity contribution < 1.29 is 17.9 Å². The summed E-state index contributed by atoms with van der Waals surface area (Å²) in [5.74, 6) is 0.105. The van der Waals surface area contributed by atoms with Crippen LogP contribution in [0.5, 0.6) is 5.75 Å². The summed E-state index contributed by atoms with van der Waals surface area (Å²) in [5.41, 5.74) is 5.30. The molecule has 0 radical (unpaired) electrons. The van der Waals surface area contributed by atoms with E-state index in [2.05, 4.69) is 5.32 Å². The molecule has 35 heavy (non-hydrogen) atoms. The Balaban J connectivity index is 1.65. The molecule has 0 saturated heterocycles. The van der Waals surface area contributed by atoms with Gasteiger partial charge in [0, 0.05) is 17.4 Å². The molecule has 0 aliphatic heterocycles. The van der Waals surface area contributed by atoms with Crippen LogP contribution < -0.4 is 14.4 Å². The molecule has 0 bridgehead atoms. The van der Waals surface area contributed by atoms with Crippen LogP contribution in [0.2, 0.25) is 0 Å². The van der Waals surface area contributed by atoms with Crippen molar-refractivity contribution in [3.05, 3.63) is 81.7 Å². The maximum Gasteiger partial charge on any atom is 0.267 e. The molecule has 1 N–H and O–H groups in total. The fourth-order valence-corrected chi connectivity index (χ4v) is 6.53. The summed E-state index contributed by atoms with van der Waals surface area (Å²) in [4.78, 5) is 13.7. The second-order valence-corrected chi connectivity index (χ2v) is 11.7. The van der Waals surface area contributed by atoms with E-state index >= 15 is 0 Å². The molecule has 1 heterocycles. The SMILES string of the molecule is COc1ccc(C)cc1S(=O)(=O)N(C)c1ccc2sc(C(=O)Nc3c(C)cc(C)cc3C)cc2c1. The maximum absolute atomic E-state index is 13.4. The number of hydrogen-bond donors (Lipinski definition) is 1. The molecule has 0 saturated carbocycles. The zero-order chi connectivity index (χ0) is 25.5. The molecule has 0 unspecified atom stereocenters. The average molecular weight is 509 g/mol. The number of carbonyl (C=O) groups excluding carboxylic acids is 1. The minimum Gasteiger partial charge on any atom is -0.495 e. The lowest BCUT2D eigenvalue weighted by atomic mass is 10.1. The number of anilines is 2. The molecule has 0 atom stereocenters. The van der Waals surface area contributed by atoms with Crippen LogP contribution in [0, 0.1) is 27.7 Å². The highest BCUT2D eigenvalue weighted by molar-refractivity contribution is 7.93. The summed E-state index contributed by atoms with van der Waals surface area (Å²) < 4.78 is 34.2. The summed E-state index contributed by atoms with van der Waals surface area (Å²) in [6, 6.07) is 16.3. The Morgan fingerprint density at radius 1 is 0.914 bits per heavy atom. The molecule has 182 valence electrons. The zero-order valence-corrected chi connectivity index (χ0v) is 22.2. The third-order valence-electron chi connectivity index (χ3n) is 5.96. The van der Waals surface area contributed by atoms with Gasteiger partial charge in [-0.1, -0.05) is 23.8 Å². The molecule has 1 aromatic heterocycles. The van der Waals surface area contributed by atoms with Crippen molar-refractivity contribution >= 4 is 48.7 Å². The number of amides is 1. The van der Waals surface area contributed by atoms with Crippen LogP contribution in [-0.2, 0) is 10.0 Å². The summed E-state index contributed by atoms with van der Waals surface area (Å²) >= 11 is 1.37. The van der Waals surface area contributed by atoms with Crippen LogP contribution in [0.1, 0.15) is 31.9 Å². The van der Waals surface area contributed by atoms with Gasteiger partial charge in [0.25, 0.3) is 15.9 Å². The molecule has 0 spiro atoms. The second kappa shape index (κ2) is 9.36. The number of nitrogens with zero attached hydrogens (tertiary/aromatic N) is 1. The fraction of sp³-hybridized carbons (Fsp3) is 0.222. The van der Waals surface area contributed by atoms with Crippen LogP contribution >= 0.6 is 11.3 Å². The van der Waals surface area contributed by atoms with Gasteiger partial charge in [0.2, 0.25) is 0 Å². The first-order valence-corrected chi connectivity index (χ1v) is 13.3. The van der Waals surface area contributed by atoms with E-state index in [0.29, 0.717) is 16.3 Å². The summed E-state index contributed by atoms with van der Waals surface area (Å²) in [6.45, 7) is 7.82. The Labute approximate surface area is 210 Å². The van der Waals surface area contributed by atoms with Gasteiger partial charge >= 0.3 is 0 Å². The van der Waals surface area contributed by atoms with Gasteiger partial charge in [0.1, 0.15) is 10.6 Å². The highest BCUT2D eigenvalue weighted by Gasteiger charge is 2.26. The third-order valence-corrected chi connectivity index (χ3v) is 8.88. The molecule has 3 aromatic carbocycles. The lowest BCUT2D eigenvalue weighted by molar-refractivity contribution is 0.103. The van der Waals surface area contributed by atoms with E-state index in [4.69, 9.17) is 4.74 Å². The van der Waals surface area contributed by atoms with Gasteiger partial charge in [0.05, 0.1) is 17.7 Å². The Morgan fingerprint density at radius 3 is 2.26 bits per heavy atom. The Morgan fingerprint density at radius 2 is 1.60 bits per heavy atom. The lowest BCUT2D eigenvalue weighted by Gasteiger charge is -2.21. The molecule has 0 aliphatic rings. The molecule has 0 fully saturated rings. The smallest absolute Gasteiger partial charge is 0.267 e. The molecule has 4 rings (SSSR count). The van der Waals surface area contributed by atoms with Gasteiger partial charge in [-0.15, -0.1) is 11.3 Å². The number of rotatable bonds is 6. The number of benzene rings is 3. The summed E-state index contributed by atoms with van der Waals surface area (Å²) in [7, 11) is -0.890. The molecule has 4 aromatic rings. The molecule has 0 aliphatic carbocycles. The van der Waals surface area contributed by atoms with E-state index in [-0.39, 0.29) is 10.8 Å². The Kier molecular flexibility index (Phi) is 6.62. The van der Waals surface area contributed by atoms with Crippen LogP contribution in [0.25, 0.3) is 10.1 Å². The highest BCUT2D eigenvalue weighted by atomic mass is 32.2. The van der Waals surface area contributed by atoms with Crippen molar-refractivity contribution in [1.29, 1.82) is 0 Å². The van der Waals surface area contributed by atoms with Crippen molar-refractivity contribution in [3.8, 4) is 5.75 Å². The number of methoxy groups -OCH3 is 1. The average Bonchev–Trinajstić information content (AvgIpc) is 3.24. The lowest BCUT2D eigenvalue weighted by Crippen LogP contribution is -2.27. The number of fused-ring (bicyclic) bond motifs is 1. The number of thiophene rings is 1. The minimum atomic E-state index is -3.86.